The van der Waals surface area contributed by atoms with Gasteiger partial charge in [0.15, 0.2) is 5.65 Å². The number of fused-ring (bicyclic) bond motifs is 3. The zero-order chi connectivity index (χ0) is 12.5. The predicted octanol–water partition coefficient (Wildman–Crippen LogP) is 2.80. The van der Waals surface area contributed by atoms with Gasteiger partial charge in [-0.15, -0.1) is 0 Å². The summed E-state index contributed by atoms with van der Waals surface area (Å²) >= 11 is 0. The van der Waals surface area contributed by atoms with E-state index in [1.54, 1.807) is 26.6 Å². The van der Waals surface area contributed by atoms with Crippen molar-refractivity contribution in [2.75, 3.05) is 14.2 Å². The maximum Gasteiger partial charge on any atom is 0.163 e. The SMILES string of the molecule is COc1ccc2c(cnc3nccc(OC)c32)c1. The van der Waals surface area contributed by atoms with Gasteiger partial charge in [-0.05, 0) is 29.7 Å². The van der Waals surface area contributed by atoms with Crippen molar-refractivity contribution in [2.45, 2.75) is 0 Å². The lowest BCUT2D eigenvalue weighted by atomic mass is 10.1. The first-order valence-electron chi connectivity index (χ1n) is 5.59. The first-order valence-corrected chi connectivity index (χ1v) is 5.59. The molecular formula is C14H12N2O2. The Morgan fingerprint density at radius 1 is 1.00 bits per heavy atom. The fraction of sp³-hybridized carbons (Fsp3) is 0.143. The molecule has 0 aliphatic heterocycles. The number of rotatable bonds is 2. The molecule has 0 amide bonds. The van der Waals surface area contributed by atoms with Crippen LogP contribution in [0.2, 0.25) is 0 Å². The minimum absolute atomic E-state index is 0.687. The number of aromatic nitrogens is 2. The Hall–Kier alpha value is -2.36. The average molecular weight is 240 g/mol. The van der Waals surface area contributed by atoms with Crippen molar-refractivity contribution in [1.29, 1.82) is 0 Å². The summed E-state index contributed by atoms with van der Waals surface area (Å²) in [6.45, 7) is 0. The third-order valence-corrected chi connectivity index (χ3v) is 2.97. The Morgan fingerprint density at radius 3 is 2.67 bits per heavy atom. The molecule has 0 radical (unpaired) electrons. The van der Waals surface area contributed by atoms with Crippen LogP contribution in [0, 0.1) is 0 Å². The Balaban J connectivity index is 2.44. The van der Waals surface area contributed by atoms with Crippen LogP contribution in [0.1, 0.15) is 0 Å². The summed E-state index contributed by atoms with van der Waals surface area (Å²) in [4.78, 5) is 8.61. The largest absolute Gasteiger partial charge is 0.497 e. The quantitative estimate of drug-likeness (QED) is 0.646. The zero-order valence-electron chi connectivity index (χ0n) is 10.2. The molecule has 0 saturated carbocycles. The van der Waals surface area contributed by atoms with E-state index < -0.39 is 0 Å². The van der Waals surface area contributed by atoms with Gasteiger partial charge < -0.3 is 9.47 Å². The predicted molar refractivity (Wildman–Crippen MR) is 70.1 cm³/mol. The number of benzene rings is 1. The van der Waals surface area contributed by atoms with E-state index in [0.29, 0.717) is 5.65 Å². The lowest BCUT2D eigenvalue weighted by Gasteiger charge is -2.08. The van der Waals surface area contributed by atoms with E-state index >= 15 is 0 Å². The topological polar surface area (TPSA) is 44.2 Å². The maximum atomic E-state index is 5.38. The van der Waals surface area contributed by atoms with E-state index in [1.165, 1.54) is 0 Å². The molecule has 3 aromatic rings. The first-order chi connectivity index (χ1) is 8.83. The molecule has 0 aliphatic rings. The average Bonchev–Trinajstić information content (AvgIpc) is 2.45. The minimum atomic E-state index is 0.687. The lowest BCUT2D eigenvalue weighted by Crippen LogP contribution is -1.91. The van der Waals surface area contributed by atoms with Crippen molar-refractivity contribution in [3.05, 3.63) is 36.7 Å². The highest BCUT2D eigenvalue weighted by molar-refractivity contribution is 6.07. The van der Waals surface area contributed by atoms with Crippen LogP contribution in [0.15, 0.2) is 36.7 Å². The summed E-state index contributed by atoms with van der Waals surface area (Å²) in [5, 5.41) is 3.00. The summed E-state index contributed by atoms with van der Waals surface area (Å²) in [7, 11) is 3.30. The molecule has 90 valence electrons. The van der Waals surface area contributed by atoms with E-state index in [1.807, 2.05) is 24.3 Å². The van der Waals surface area contributed by atoms with Gasteiger partial charge in [0.05, 0.1) is 19.6 Å². The van der Waals surface area contributed by atoms with Crippen molar-refractivity contribution in [3.63, 3.8) is 0 Å². The normalized spacial score (nSPS) is 10.8. The Labute approximate surface area is 104 Å². The monoisotopic (exact) mass is 240 g/mol. The molecule has 4 nitrogen and oxygen atoms in total. The van der Waals surface area contributed by atoms with Gasteiger partial charge in [-0.2, -0.15) is 0 Å². The third kappa shape index (κ3) is 1.54. The zero-order valence-corrected chi connectivity index (χ0v) is 10.2. The number of ether oxygens (including phenoxy) is 2. The molecular weight excluding hydrogens is 228 g/mol. The van der Waals surface area contributed by atoms with Crippen molar-refractivity contribution in [3.8, 4) is 11.5 Å². The van der Waals surface area contributed by atoms with Gasteiger partial charge >= 0.3 is 0 Å². The second-order valence-corrected chi connectivity index (χ2v) is 3.92. The molecule has 0 spiro atoms. The van der Waals surface area contributed by atoms with E-state index in [4.69, 9.17) is 9.47 Å². The van der Waals surface area contributed by atoms with E-state index in [9.17, 15) is 0 Å². The van der Waals surface area contributed by atoms with E-state index in [0.717, 1.165) is 27.7 Å². The lowest BCUT2D eigenvalue weighted by molar-refractivity contribution is 0.415. The minimum Gasteiger partial charge on any atom is -0.497 e. The van der Waals surface area contributed by atoms with Crippen molar-refractivity contribution in [1.82, 2.24) is 9.97 Å². The summed E-state index contributed by atoms with van der Waals surface area (Å²) in [5.41, 5.74) is 0.687. The van der Waals surface area contributed by atoms with E-state index in [-0.39, 0.29) is 0 Å². The number of hydrogen-bond donors (Lipinski definition) is 0. The molecule has 4 heteroatoms. The second-order valence-electron chi connectivity index (χ2n) is 3.92. The molecule has 0 fully saturated rings. The maximum absolute atomic E-state index is 5.38. The van der Waals surface area contributed by atoms with Crippen molar-refractivity contribution in [2.24, 2.45) is 0 Å². The number of methoxy groups -OCH3 is 2. The van der Waals surface area contributed by atoms with Crippen LogP contribution < -0.4 is 9.47 Å². The highest BCUT2D eigenvalue weighted by Gasteiger charge is 2.08. The third-order valence-electron chi connectivity index (χ3n) is 2.97. The van der Waals surface area contributed by atoms with Crippen LogP contribution in [0.4, 0.5) is 0 Å². The summed E-state index contributed by atoms with van der Waals surface area (Å²) in [6.07, 6.45) is 3.50. The Kier molecular flexibility index (Phi) is 2.48. The molecule has 0 unspecified atom stereocenters. The molecule has 0 aliphatic carbocycles. The summed E-state index contributed by atoms with van der Waals surface area (Å²) in [6, 6.07) is 7.72. The molecule has 0 N–H and O–H groups in total. The number of hydrogen-bond acceptors (Lipinski definition) is 4. The van der Waals surface area contributed by atoms with Gasteiger partial charge in [-0.3, -0.25) is 0 Å². The highest BCUT2D eigenvalue weighted by atomic mass is 16.5. The van der Waals surface area contributed by atoms with Crippen LogP contribution >= 0.6 is 0 Å². The molecule has 2 heterocycles. The Morgan fingerprint density at radius 2 is 1.89 bits per heavy atom. The van der Waals surface area contributed by atoms with Crippen LogP contribution in [0.25, 0.3) is 21.8 Å². The van der Waals surface area contributed by atoms with Gasteiger partial charge in [0, 0.05) is 17.8 Å². The molecule has 3 rings (SSSR count). The number of nitrogens with zero attached hydrogens (tertiary/aromatic N) is 2. The summed E-state index contributed by atoms with van der Waals surface area (Å²) < 4.78 is 10.6. The van der Waals surface area contributed by atoms with Crippen molar-refractivity contribution >= 4 is 21.8 Å². The number of pyridine rings is 2. The van der Waals surface area contributed by atoms with Gasteiger partial charge in [0.2, 0.25) is 0 Å². The standard InChI is InChI=1S/C14H12N2O2/c1-17-10-3-4-11-9(7-10)8-16-14-13(11)12(18-2)5-6-15-14/h3-8H,1-2H3. The Bertz CT molecular complexity index is 725. The van der Waals surface area contributed by atoms with Crippen LogP contribution in [0.3, 0.4) is 0 Å². The second kappa shape index (κ2) is 4.14. The molecule has 0 bridgehead atoms. The van der Waals surface area contributed by atoms with Crippen LogP contribution in [0.5, 0.6) is 11.5 Å². The van der Waals surface area contributed by atoms with Crippen LogP contribution in [-0.2, 0) is 0 Å². The van der Waals surface area contributed by atoms with Crippen LogP contribution in [-0.4, -0.2) is 24.2 Å². The fourth-order valence-electron chi connectivity index (χ4n) is 2.09. The molecule has 1 aromatic carbocycles. The first kappa shape index (κ1) is 10.8. The molecule has 0 atom stereocenters. The van der Waals surface area contributed by atoms with Gasteiger partial charge in [0.25, 0.3) is 0 Å². The highest BCUT2D eigenvalue weighted by Crippen LogP contribution is 2.31. The van der Waals surface area contributed by atoms with Gasteiger partial charge in [-0.1, -0.05) is 0 Å². The van der Waals surface area contributed by atoms with Gasteiger partial charge in [0.1, 0.15) is 11.5 Å². The smallest absolute Gasteiger partial charge is 0.163 e. The molecule has 18 heavy (non-hydrogen) atoms. The summed E-state index contributed by atoms with van der Waals surface area (Å²) in [5.74, 6) is 1.59. The molecule has 0 saturated heterocycles. The van der Waals surface area contributed by atoms with E-state index in [2.05, 4.69) is 9.97 Å². The van der Waals surface area contributed by atoms with Gasteiger partial charge in [-0.25, -0.2) is 9.97 Å². The molecule has 2 aromatic heterocycles. The van der Waals surface area contributed by atoms with Crippen molar-refractivity contribution < 1.29 is 9.47 Å². The fourth-order valence-corrected chi connectivity index (χ4v) is 2.09.